The Balaban J connectivity index is 2.77. The number of alkyl halides is 1. The minimum atomic E-state index is -0.399. The molecule has 0 fully saturated rings. The van der Waals surface area contributed by atoms with Gasteiger partial charge in [0, 0.05) is 23.0 Å². The van der Waals surface area contributed by atoms with Crippen LogP contribution in [0.4, 0.5) is 5.69 Å². The Morgan fingerprint density at radius 2 is 2.25 bits per heavy atom. The fraction of sp³-hybridized carbons (Fsp3) is 0.545. The molecule has 0 aliphatic heterocycles. The molecule has 0 saturated heterocycles. The average molecular weight is 287 g/mol. The summed E-state index contributed by atoms with van der Waals surface area (Å²) in [4.78, 5) is 14.9. The first-order valence-corrected chi connectivity index (χ1v) is 6.21. The normalized spacial score (nSPS) is 12.4. The van der Waals surface area contributed by atoms with Gasteiger partial charge in [-0.3, -0.25) is 15.1 Å². The van der Waals surface area contributed by atoms with Crippen LogP contribution in [0.2, 0.25) is 0 Å². The summed E-state index contributed by atoms with van der Waals surface area (Å²) in [5, 5.41) is 10.6. The van der Waals surface area contributed by atoms with E-state index in [9.17, 15) is 10.1 Å². The van der Waals surface area contributed by atoms with Crippen molar-refractivity contribution in [1.29, 1.82) is 0 Å². The van der Waals surface area contributed by atoms with Crippen LogP contribution in [-0.4, -0.2) is 14.7 Å². The number of nitrogens with zero attached hydrogens (tertiary/aromatic N) is 2. The summed E-state index contributed by atoms with van der Waals surface area (Å²) < 4.78 is 0. The van der Waals surface area contributed by atoms with E-state index in [-0.39, 0.29) is 5.69 Å². The highest BCUT2D eigenvalue weighted by Gasteiger charge is 2.13. The van der Waals surface area contributed by atoms with Gasteiger partial charge in [0.1, 0.15) is 5.69 Å². The van der Waals surface area contributed by atoms with Crippen molar-refractivity contribution >= 4 is 21.6 Å². The van der Waals surface area contributed by atoms with Gasteiger partial charge >= 0.3 is 0 Å². The molecule has 0 aliphatic carbocycles. The van der Waals surface area contributed by atoms with Crippen molar-refractivity contribution in [3.05, 3.63) is 33.6 Å². The Labute approximate surface area is 103 Å². The van der Waals surface area contributed by atoms with Gasteiger partial charge < -0.3 is 0 Å². The summed E-state index contributed by atoms with van der Waals surface area (Å²) in [6, 6.07) is 3.26. The van der Waals surface area contributed by atoms with Crippen LogP contribution in [0.15, 0.2) is 12.1 Å². The Bertz CT molecular complexity index is 382. The van der Waals surface area contributed by atoms with Gasteiger partial charge in [-0.25, -0.2) is 0 Å². The van der Waals surface area contributed by atoms with Gasteiger partial charge in [-0.05, 0) is 19.4 Å². The molecule has 0 spiro atoms. The molecule has 1 unspecified atom stereocenters. The third-order valence-electron chi connectivity index (χ3n) is 2.34. The fourth-order valence-corrected chi connectivity index (χ4v) is 2.34. The van der Waals surface area contributed by atoms with E-state index in [4.69, 9.17) is 0 Å². The SMILES string of the molecule is CCCC(Br)Cc1ccc([N+](=O)[O-])c(C)n1. The summed E-state index contributed by atoms with van der Waals surface area (Å²) >= 11 is 3.57. The predicted molar refractivity (Wildman–Crippen MR) is 67.0 cm³/mol. The van der Waals surface area contributed by atoms with E-state index in [1.165, 1.54) is 6.07 Å². The van der Waals surface area contributed by atoms with Crippen molar-refractivity contribution in [1.82, 2.24) is 4.98 Å². The second kappa shape index (κ2) is 5.94. The quantitative estimate of drug-likeness (QED) is 0.474. The maximum atomic E-state index is 10.6. The molecule has 0 amide bonds. The van der Waals surface area contributed by atoms with Gasteiger partial charge in [0.05, 0.1) is 4.92 Å². The van der Waals surface area contributed by atoms with Crippen LogP contribution in [0.25, 0.3) is 0 Å². The lowest BCUT2D eigenvalue weighted by Crippen LogP contribution is -2.05. The van der Waals surface area contributed by atoms with Gasteiger partial charge in [0.25, 0.3) is 5.69 Å². The van der Waals surface area contributed by atoms with E-state index in [1.54, 1.807) is 13.0 Å². The topological polar surface area (TPSA) is 56.0 Å². The second-order valence-electron chi connectivity index (χ2n) is 3.75. The summed E-state index contributed by atoms with van der Waals surface area (Å²) in [6.07, 6.45) is 3.01. The number of hydrogen-bond acceptors (Lipinski definition) is 3. The highest BCUT2D eigenvalue weighted by Crippen LogP contribution is 2.19. The van der Waals surface area contributed by atoms with Crippen LogP contribution in [-0.2, 0) is 6.42 Å². The molecular weight excluding hydrogens is 272 g/mol. The summed E-state index contributed by atoms with van der Waals surface area (Å²) in [6.45, 7) is 3.80. The monoisotopic (exact) mass is 286 g/mol. The zero-order valence-electron chi connectivity index (χ0n) is 9.44. The van der Waals surface area contributed by atoms with Gasteiger partial charge in [-0.15, -0.1) is 0 Å². The molecule has 1 rings (SSSR count). The molecule has 0 saturated carbocycles. The fourth-order valence-electron chi connectivity index (χ4n) is 1.55. The first kappa shape index (κ1) is 13.1. The first-order chi connectivity index (χ1) is 7.54. The molecule has 0 aliphatic rings. The van der Waals surface area contributed by atoms with E-state index in [2.05, 4.69) is 27.8 Å². The molecule has 5 heteroatoms. The second-order valence-corrected chi connectivity index (χ2v) is 5.05. The van der Waals surface area contributed by atoms with Crippen molar-refractivity contribution in [3.8, 4) is 0 Å². The van der Waals surface area contributed by atoms with Crippen LogP contribution >= 0.6 is 15.9 Å². The molecule has 4 nitrogen and oxygen atoms in total. The Morgan fingerprint density at radius 1 is 1.56 bits per heavy atom. The predicted octanol–water partition coefficient (Wildman–Crippen LogP) is 3.40. The molecule has 1 heterocycles. The van der Waals surface area contributed by atoms with Crippen molar-refractivity contribution < 1.29 is 4.92 Å². The minimum absolute atomic E-state index is 0.0883. The van der Waals surface area contributed by atoms with E-state index in [0.717, 1.165) is 25.0 Å². The molecule has 0 bridgehead atoms. The molecule has 1 aromatic rings. The molecule has 1 atom stereocenters. The maximum absolute atomic E-state index is 10.6. The highest BCUT2D eigenvalue weighted by atomic mass is 79.9. The number of aryl methyl sites for hydroxylation is 1. The maximum Gasteiger partial charge on any atom is 0.290 e. The van der Waals surface area contributed by atoms with Crippen LogP contribution < -0.4 is 0 Å². The van der Waals surface area contributed by atoms with Gasteiger partial charge in [0.2, 0.25) is 0 Å². The molecule has 0 aromatic carbocycles. The van der Waals surface area contributed by atoms with Crippen LogP contribution in [0.5, 0.6) is 0 Å². The Morgan fingerprint density at radius 3 is 2.75 bits per heavy atom. The van der Waals surface area contributed by atoms with Gasteiger partial charge in [-0.2, -0.15) is 0 Å². The Hall–Kier alpha value is -0.970. The van der Waals surface area contributed by atoms with E-state index < -0.39 is 4.92 Å². The Kier molecular flexibility index (Phi) is 4.86. The summed E-state index contributed by atoms with van der Waals surface area (Å²) in [7, 11) is 0. The first-order valence-electron chi connectivity index (χ1n) is 5.29. The lowest BCUT2D eigenvalue weighted by molar-refractivity contribution is -0.385. The lowest BCUT2D eigenvalue weighted by atomic mass is 10.1. The molecule has 16 heavy (non-hydrogen) atoms. The standard InChI is InChI=1S/C11H15BrN2O2/c1-3-4-9(12)7-10-5-6-11(14(15)16)8(2)13-10/h5-6,9H,3-4,7H2,1-2H3. The van der Waals surface area contributed by atoms with E-state index in [0.29, 0.717) is 10.5 Å². The van der Waals surface area contributed by atoms with Gasteiger partial charge in [-0.1, -0.05) is 29.3 Å². The number of aromatic nitrogens is 1. The molecule has 0 N–H and O–H groups in total. The van der Waals surface area contributed by atoms with Crippen molar-refractivity contribution in [2.24, 2.45) is 0 Å². The van der Waals surface area contributed by atoms with Crippen LogP contribution in [0, 0.1) is 17.0 Å². The molecule has 0 radical (unpaired) electrons. The molecule has 1 aromatic heterocycles. The number of nitro groups is 1. The largest absolute Gasteiger partial charge is 0.290 e. The third kappa shape index (κ3) is 3.56. The number of rotatable bonds is 5. The molecule has 88 valence electrons. The minimum Gasteiger partial charge on any atom is -0.258 e. The van der Waals surface area contributed by atoms with E-state index >= 15 is 0 Å². The zero-order valence-corrected chi connectivity index (χ0v) is 11.0. The third-order valence-corrected chi connectivity index (χ3v) is 3.13. The summed E-state index contributed by atoms with van der Waals surface area (Å²) in [5.41, 5.74) is 1.47. The summed E-state index contributed by atoms with van der Waals surface area (Å²) in [5.74, 6) is 0. The van der Waals surface area contributed by atoms with Crippen LogP contribution in [0.1, 0.15) is 31.2 Å². The lowest BCUT2D eigenvalue weighted by Gasteiger charge is -2.08. The molecular formula is C11H15BrN2O2. The zero-order chi connectivity index (χ0) is 12.1. The smallest absolute Gasteiger partial charge is 0.258 e. The average Bonchev–Trinajstić information content (AvgIpc) is 2.17. The van der Waals surface area contributed by atoms with Crippen molar-refractivity contribution in [2.75, 3.05) is 0 Å². The number of pyridine rings is 1. The highest BCUT2D eigenvalue weighted by molar-refractivity contribution is 9.09. The van der Waals surface area contributed by atoms with Crippen molar-refractivity contribution in [2.45, 2.75) is 37.9 Å². The number of halogens is 1. The van der Waals surface area contributed by atoms with Crippen molar-refractivity contribution in [3.63, 3.8) is 0 Å². The van der Waals surface area contributed by atoms with E-state index in [1.807, 2.05) is 0 Å². The number of hydrogen-bond donors (Lipinski definition) is 0. The van der Waals surface area contributed by atoms with Gasteiger partial charge in [0.15, 0.2) is 0 Å². The van der Waals surface area contributed by atoms with Crippen LogP contribution in [0.3, 0.4) is 0 Å².